The molecule has 0 radical (unpaired) electrons. The van der Waals surface area contributed by atoms with Gasteiger partial charge in [-0.05, 0) is 31.9 Å². The van der Waals surface area contributed by atoms with E-state index in [4.69, 9.17) is 0 Å². The second-order valence-corrected chi connectivity index (χ2v) is 5.83. The van der Waals surface area contributed by atoms with Crippen LogP contribution in [-0.4, -0.2) is 34.9 Å². The first-order valence-electron chi connectivity index (χ1n) is 7.63. The maximum atomic E-state index is 11.4. The molecule has 1 heterocycles. The van der Waals surface area contributed by atoms with Crippen LogP contribution in [0.3, 0.4) is 0 Å². The second-order valence-electron chi connectivity index (χ2n) is 5.83. The van der Waals surface area contributed by atoms with Gasteiger partial charge in [0.05, 0.1) is 6.10 Å². The van der Waals surface area contributed by atoms with Crippen molar-refractivity contribution in [1.82, 2.24) is 4.90 Å². The van der Waals surface area contributed by atoms with Gasteiger partial charge < -0.3 is 5.11 Å². The molecule has 2 rings (SSSR count). The maximum absolute atomic E-state index is 11.4. The summed E-state index contributed by atoms with van der Waals surface area (Å²) in [4.78, 5) is 13.7. The summed E-state index contributed by atoms with van der Waals surface area (Å²) in [6, 6.07) is 10.1. The molecule has 0 saturated carbocycles. The van der Waals surface area contributed by atoms with Crippen LogP contribution >= 0.6 is 0 Å². The highest BCUT2D eigenvalue weighted by Gasteiger charge is 2.24. The Hall–Kier alpha value is -1.19. The number of benzene rings is 1. The van der Waals surface area contributed by atoms with Gasteiger partial charge in [0, 0.05) is 19.0 Å². The Kier molecular flexibility index (Phi) is 5.74. The van der Waals surface area contributed by atoms with Gasteiger partial charge in [0.2, 0.25) is 0 Å². The number of nitrogens with zero attached hydrogens (tertiary/aromatic N) is 1. The molecule has 1 aromatic carbocycles. The van der Waals surface area contributed by atoms with E-state index < -0.39 is 6.10 Å². The summed E-state index contributed by atoms with van der Waals surface area (Å²) in [5.41, 5.74) is 0.957. The highest BCUT2D eigenvalue weighted by molar-refractivity contribution is 5.76. The monoisotopic (exact) mass is 275 g/mol. The number of ketones is 1. The van der Waals surface area contributed by atoms with Crippen LogP contribution in [-0.2, 0) is 4.79 Å². The zero-order valence-corrected chi connectivity index (χ0v) is 12.3. The normalized spacial score (nSPS) is 22.2. The summed E-state index contributed by atoms with van der Waals surface area (Å²) in [5.74, 6) is 0.246. The lowest BCUT2D eigenvalue weighted by Crippen LogP contribution is -2.39. The molecule has 0 amide bonds. The summed E-state index contributed by atoms with van der Waals surface area (Å²) in [6.45, 7) is 3.28. The number of Topliss-reactive ketones (excluding diaryl/α,β-unsaturated/α-hetero) is 1. The van der Waals surface area contributed by atoms with Crippen LogP contribution in [0.5, 0.6) is 0 Å². The average Bonchev–Trinajstić information content (AvgIpc) is 2.65. The Morgan fingerprint density at radius 3 is 2.75 bits per heavy atom. The van der Waals surface area contributed by atoms with E-state index in [1.807, 2.05) is 30.3 Å². The molecule has 1 aliphatic heterocycles. The molecule has 3 nitrogen and oxygen atoms in total. The van der Waals surface area contributed by atoms with Crippen molar-refractivity contribution < 1.29 is 9.90 Å². The molecule has 0 spiro atoms. The van der Waals surface area contributed by atoms with Crippen molar-refractivity contribution >= 4 is 5.78 Å². The third kappa shape index (κ3) is 4.43. The minimum Gasteiger partial charge on any atom is -0.387 e. The number of aliphatic hydroxyl groups is 1. The number of aliphatic hydroxyl groups excluding tert-OH is 1. The Balaban J connectivity index is 2.01. The molecule has 1 aliphatic rings. The van der Waals surface area contributed by atoms with Gasteiger partial charge in [0.1, 0.15) is 5.78 Å². The Bertz CT molecular complexity index is 418. The van der Waals surface area contributed by atoms with Crippen molar-refractivity contribution in [3.05, 3.63) is 35.9 Å². The summed E-state index contributed by atoms with van der Waals surface area (Å²) < 4.78 is 0. The SMILES string of the molecule is CC(=O)CC1CCCCCN1CC(O)c1ccccc1. The lowest BCUT2D eigenvalue weighted by atomic mass is 10.0. The zero-order valence-electron chi connectivity index (χ0n) is 12.3. The van der Waals surface area contributed by atoms with Gasteiger partial charge in [-0.1, -0.05) is 43.2 Å². The van der Waals surface area contributed by atoms with Crippen LogP contribution in [0.4, 0.5) is 0 Å². The van der Waals surface area contributed by atoms with Gasteiger partial charge in [-0.3, -0.25) is 9.69 Å². The van der Waals surface area contributed by atoms with Gasteiger partial charge >= 0.3 is 0 Å². The van der Waals surface area contributed by atoms with E-state index in [0.717, 1.165) is 24.9 Å². The van der Waals surface area contributed by atoms with Gasteiger partial charge in [-0.15, -0.1) is 0 Å². The average molecular weight is 275 g/mol. The number of hydrogen-bond donors (Lipinski definition) is 1. The number of rotatable bonds is 5. The fraction of sp³-hybridized carbons (Fsp3) is 0.588. The highest BCUT2D eigenvalue weighted by atomic mass is 16.3. The number of carbonyl (C=O) groups excluding carboxylic acids is 1. The summed E-state index contributed by atoms with van der Waals surface area (Å²) in [7, 11) is 0. The van der Waals surface area contributed by atoms with Gasteiger partial charge in [-0.25, -0.2) is 0 Å². The Morgan fingerprint density at radius 1 is 1.30 bits per heavy atom. The van der Waals surface area contributed by atoms with Crippen molar-refractivity contribution in [3.63, 3.8) is 0 Å². The van der Waals surface area contributed by atoms with E-state index in [0.29, 0.717) is 19.0 Å². The number of likely N-dealkylation sites (tertiary alicyclic amines) is 1. The molecule has 2 atom stereocenters. The molecule has 20 heavy (non-hydrogen) atoms. The van der Waals surface area contributed by atoms with Gasteiger partial charge in [-0.2, -0.15) is 0 Å². The highest BCUT2D eigenvalue weighted by Crippen LogP contribution is 2.23. The van der Waals surface area contributed by atoms with Crippen LogP contribution in [0.15, 0.2) is 30.3 Å². The van der Waals surface area contributed by atoms with Crippen LogP contribution < -0.4 is 0 Å². The first-order chi connectivity index (χ1) is 9.66. The summed E-state index contributed by atoms with van der Waals surface area (Å²) in [6.07, 6.45) is 4.80. The molecule has 1 aromatic rings. The smallest absolute Gasteiger partial charge is 0.131 e. The van der Waals surface area contributed by atoms with Crippen LogP contribution in [0.25, 0.3) is 0 Å². The first kappa shape index (κ1) is 15.2. The first-order valence-corrected chi connectivity index (χ1v) is 7.63. The molecular formula is C17H25NO2. The number of carbonyl (C=O) groups is 1. The lowest BCUT2D eigenvalue weighted by molar-refractivity contribution is -0.118. The minimum atomic E-state index is -0.469. The zero-order chi connectivity index (χ0) is 14.4. The van der Waals surface area contributed by atoms with E-state index in [9.17, 15) is 9.90 Å². The van der Waals surface area contributed by atoms with Crippen LogP contribution in [0, 0.1) is 0 Å². The molecule has 110 valence electrons. The second kappa shape index (κ2) is 7.55. The van der Waals surface area contributed by atoms with E-state index in [1.54, 1.807) is 6.92 Å². The topological polar surface area (TPSA) is 40.5 Å². The van der Waals surface area contributed by atoms with E-state index in [1.165, 1.54) is 12.8 Å². The fourth-order valence-electron chi connectivity index (χ4n) is 3.04. The maximum Gasteiger partial charge on any atom is 0.131 e. The van der Waals surface area contributed by atoms with Crippen molar-refractivity contribution in [1.29, 1.82) is 0 Å². The standard InChI is InChI=1S/C17H25NO2/c1-14(19)12-16-10-6-3-7-11-18(16)13-17(20)15-8-4-2-5-9-15/h2,4-5,8-9,16-17,20H,3,6-7,10-13H2,1H3. The van der Waals surface area contributed by atoms with Crippen LogP contribution in [0.2, 0.25) is 0 Å². The van der Waals surface area contributed by atoms with Gasteiger partial charge in [0.15, 0.2) is 0 Å². The van der Waals surface area contributed by atoms with Crippen molar-refractivity contribution in [3.8, 4) is 0 Å². The van der Waals surface area contributed by atoms with Crippen molar-refractivity contribution in [2.45, 2.75) is 51.2 Å². The molecule has 2 unspecified atom stereocenters. The fourth-order valence-corrected chi connectivity index (χ4v) is 3.04. The van der Waals surface area contributed by atoms with E-state index >= 15 is 0 Å². The lowest BCUT2D eigenvalue weighted by Gasteiger charge is -2.31. The third-order valence-electron chi connectivity index (χ3n) is 4.11. The Morgan fingerprint density at radius 2 is 2.05 bits per heavy atom. The minimum absolute atomic E-state index is 0.246. The largest absolute Gasteiger partial charge is 0.387 e. The summed E-state index contributed by atoms with van der Waals surface area (Å²) in [5, 5.41) is 10.4. The molecule has 1 saturated heterocycles. The van der Waals surface area contributed by atoms with E-state index in [2.05, 4.69) is 4.90 Å². The third-order valence-corrected chi connectivity index (χ3v) is 4.11. The number of β-amino-alcohol motifs (C(OH)–C–C–N with tert-alkyl or cyclic N) is 1. The molecule has 0 bridgehead atoms. The molecule has 1 N–H and O–H groups in total. The molecule has 3 heteroatoms. The molecule has 1 fully saturated rings. The van der Waals surface area contributed by atoms with Crippen molar-refractivity contribution in [2.75, 3.05) is 13.1 Å². The predicted octanol–water partition coefficient (Wildman–Crippen LogP) is 2.94. The molecule has 0 aromatic heterocycles. The van der Waals surface area contributed by atoms with Gasteiger partial charge in [0.25, 0.3) is 0 Å². The molecule has 0 aliphatic carbocycles. The Labute approximate surface area is 121 Å². The quantitative estimate of drug-likeness (QED) is 0.898. The van der Waals surface area contributed by atoms with Crippen LogP contribution in [0.1, 0.15) is 50.7 Å². The molecular weight excluding hydrogens is 250 g/mol. The predicted molar refractivity (Wildman–Crippen MR) is 80.5 cm³/mol. The van der Waals surface area contributed by atoms with E-state index in [-0.39, 0.29) is 5.78 Å². The number of hydrogen-bond acceptors (Lipinski definition) is 3. The van der Waals surface area contributed by atoms with Crippen molar-refractivity contribution in [2.24, 2.45) is 0 Å². The summed E-state index contributed by atoms with van der Waals surface area (Å²) >= 11 is 0.